The fourth-order valence-corrected chi connectivity index (χ4v) is 20.1. The Hall–Kier alpha value is -6.00. The zero-order valence-corrected chi connectivity index (χ0v) is 50.8. The van der Waals surface area contributed by atoms with Crippen LogP contribution in [0.1, 0.15) is 228 Å². The number of hydrogen-bond acceptors (Lipinski definition) is 3. The van der Waals surface area contributed by atoms with E-state index >= 15 is 0 Å². The van der Waals surface area contributed by atoms with Crippen LogP contribution in [0.25, 0.3) is 11.1 Å². The predicted octanol–water partition coefficient (Wildman–Crippen LogP) is 17.9. The van der Waals surface area contributed by atoms with E-state index in [4.69, 9.17) is 0 Å². The molecule has 0 N–H and O–H groups in total. The molecule has 0 radical (unpaired) electrons. The van der Waals surface area contributed by atoms with Crippen molar-refractivity contribution in [1.82, 2.24) is 0 Å². The standard InChI is InChI=1S/C76H82BN3/c1-43-36-52-54-41-57(43)79-56-27-24-48-47-20-16-17-21-49(47)76(15)62(48)66(56)77-65-59(39-46(40-60(65)79)80-58-37-44(73(54,12)35-34-70(52,6)7)22-25-51(58)74(13)28-18-19-29-75(74,80)14)78(45-23-26-50-53(38-45)69(4,5)31-30-68(50,2)3)61-42-55-63(64(76)67(61)77)72(10,11)33-32-71(55,8)9/h16-17,20-27,36-42H,18-19,28-35H2,1-15H3. The van der Waals surface area contributed by atoms with Gasteiger partial charge in [0.15, 0.2) is 0 Å². The van der Waals surface area contributed by atoms with Crippen molar-refractivity contribution in [2.45, 2.75) is 217 Å². The van der Waals surface area contributed by atoms with E-state index in [1.165, 1.54) is 151 Å². The smallest absolute Gasteiger partial charge is 0.253 e. The Morgan fingerprint density at radius 1 is 0.375 bits per heavy atom. The zero-order valence-electron chi connectivity index (χ0n) is 50.8. The molecule has 3 nitrogen and oxygen atoms in total. The average molecular weight is 1050 g/mol. The summed E-state index contributed by atoms with van der Waals surface area (Å²) >= 11 is 0. The van der Waals surface area contributed by atoms with Gasteiger partial charge in [0.25, 0.3) is 6.71 Å². The fourth-order valence-electron chi connectivity index (χ4n) is 20.1. The van der Waals surface area contributed by atoms with Gasteiger partial charge < -0.3 is 14.7 Å². The number of benzene rings is 7. The van der Waals surface area contributed by atoms with Crippen molar-refractivity contribution in [2.24, 2.45) is 0 Å². The van der Waals surface area contributed by atoms with Crippen LogP contribution >= 0.6 is 0 Å². The second-order valence-electron chi connectivity index (χ2n) is 31.7. The summed E-state index contributed by atoms with van der Waals surface area (Å²) in [6, 6.07) is 44.2. The molecular weight excluding hydrogens is 966 g/mol. The molecule has 0 spiro atoms. The third-order valence-corrected chi connectivity index (χ3v) is 25.3. The molecule has 4 unspecified atom stereocenters. The Balaban J connectivity index is 1.09. The average Bonchev–Trinajstić information content (AvgIpc) is 3.74. The Bertz CT molecular complexity index is 4070. The lowest BCUT2D eigenvalue weighted by atomic mass is 9.28. The zero-order chi connectivity index (χ0) is 55.3. The lowest BCUT2D eigenvalue weighted by molar-refractivity contribution is 0.195. The minimum absolute atomic E-state index is 0.00752. The highest BCUT2D eigenvalue weighted by Gasteiger charge is 2.62. The molecule has 0 aromatic heterocycles. The number of nitrogens with zero attached hydrogens (tertiary/aromatic N) is 3. The molecule has 5 aliphatic heterocycles. The summed E-state index contributed by atoms with van der Waals surface area (Å²) < 4.78 is 0. The first-order valence-electron chi connectivity index (χ1n) is 31.3. The highest BCUT2D eigenvalue weighted by atomic mass is 15.3. The van der Waals surface area contributed by atoms with Crippen LogP contribution in [0, 0.1) is 6.92 Å². The van der Waals surface area contributed by atoms with Gasteiger partial charge in [0, 0.05) is 61.7 Å². The Morgan fingerprint density at radius 2 is 0.988 bits per heavy atom. The third kappa shape index (κ3) is 5.41. The number of rotatable bonds is 1. The quantitative estimate of drug-likeness (QED) is 0.152. The molecular formula is C76H82BN3. The van der Waals surface area contributed by atoms with Crippen molar-refractivity contribution in [3.8, 4) is 11.1 Å². The lowest BCUT2D eigenvalue weighted by Gasteiger charge is -2.55. The van der Waals surface area contributed by atoms with Crippen molar-refractivity contribution >= 4 is 68.6 Å². The lowest BCUT2D eigenvalue weighted by Crippen LogP contribution is -2.68. The summed E-state index contributed by atoms with van der Waals surface area (Å²) in [6.45, 7) is 38.5. The molecule has 10 aliphatic rings. The molecule has 0 saturated heterocycles. The fraction of sp³-hybridized carbons (Fsp3) is 0.447. The maximum absolute atomic E-state index is 2.95. The van der Waals surface area contributed by atoms with Crippen molar-refractivity contribution in [3.05, 3.63) is 170 Å². The SMILES string of the molecule is Cc1cc2c3cc1N1c4cc(cc5c4B4c6c1ccc1c6C(C)(c6ccccc6-1)c1c4c(cc4c1C(C)(C)CCC4(C)C)N5c1ccc4c(c1)C(C)(C)CCC4(C)C)N1c4cc(ccc4C4(C)CCCCC14C)C3(C)CCC2(C)C. The van der Waals surface area contributed by atoms with Gasteiger partial charge in [0.05, 0.1) is 5.54 Å². The van der Waals surface area contributed by atoms with Crippen LogP contribution in [0.4, 0.5) is 45.5 Å². The van der Waals surface area contributed by atoms with Crippen molar-refractivity contribution < 1.29 is 0 Å². The summed E-state index contributed by atoms with van der Waals surface area (Å²) in [5, 5.41) is 0. The molecule has 80 heavy (non-hydrogen) atoms. The molecule has 5 aliphatic carbocycles. The number of fused-ring (bicyclic) bond motifs is 17. The van der Waals surface area contributed by atoms with Crippen LogP contribution in [0.3, 0.4) is 0 Å². The molecule has 4 atom stereocenters. The maximum Gasteiger partial charge on any atom is 0.253 e. The van der Waals surface area contributed by atoms with Crippen LogP contribution in [0.5, 0.6) is 0 Å². The number of hydrogen-bond donors (Lipinski definition) is 0. The summed E-state index contributed by atoms with van der Waals surface area (Å²) in [7, 11) is 0. The van der Waals surface area contributed by atoms with Gasteiger partial charge in [-0.1, -0.05) is 151 Å². The van der Waals surface area contributed by atoms with Gasteiger partial charge in [-0.25, -0.2) is 0 Å². The molecule has 404 valence electrons. The third-order valence-electron chi connectivity index (χ3n) is 25.3. The van der Waals surface area contributed by atoms with Crippen LogP contribution in [-0.4, -0.2) is 12.3 Å². The molecule has 6 bridgehead atoms. The van der Waals surface area contributed by atoms with E-state index in [0.717, 1.165) is 19.3 Å². The van der Waals surface area contributed by atoms with E-state index < -0.39 is 0 Å². The summed E-state index contributed by atoms with van der Waals surface area (Å²) in [6.07, 6.45) is 11.9. The molecule has 4 heteroatoms. The first-order chi connectivity index (χ1) is 37.8. The van der Waals surface area contributed by atoms with Gasteiger partial charge in [-0.3, -0.25) is 0 Å². The largest absolute Gasteiger partial charge is 0.334 e. The molecule has 17 rings (SSSR count). The van der Waals surface area contributed by atoms with Crippen molar-refractivity contribution in [2.75, 3.05) is 14.7 Å². The van der Waals surface area contributed by atoms with Crippen LogP contribution in [0.2, 0.25) is 0 Å². The van der Waals surface area contributed by atoms with Gasteiger partial charge in [-0.15, -0.1) is 0 Å². The topological polar surface area (TPSA) is 9.72 Å². The Kier molecular flexibility index (Phi) is 8.78. The molecule has 7 aromatic carbocycles. The second kappa shape index (κ2) is 14.4. The second-order valence-corrected chi connectivity index (χ2v) is 31.7. The van der Waals surface area contributed by atoms with Crippen LogP contribution < -0.4 is 31.1 Å². The molecule has 1 fully saturated rings. The summed E-state index contributed by atoms with van der Waals surface area (Å²) in [4.78, 5) is 8.67. The van der Waals surface area contributed by atoms with Crippen molar-refractivity contribution in [3.63, 3.8) is 0 Å². The van der Waals surface area contributed by atoms with Gasteiger partial charge in [-0.2, -0.15) is 0 Å². The van der Waals surface area contributed by atoms with E-state index in [0.29, 0.717) is 0 Å². The first-order valence-corrected chi connectivity index (χ1v) is 31.3. The highest BCUT2D eigenvalue weighted by molar-refractivity contribution is 7.01. The summed E-state index contributed by atoms with van der Waals surface area (Å²) in [5.74, 6) is 0. The molecule has 0 amide bonds. The Labute approximate surface area is 478 Å². The highest BCUT2D eigenvalue weighted by Crippen LogP contribution is 2.66. The minimum atomic E-state index is -0.384. The monoisotopic (exact) mass is 1050 g/mol. The minimum Gasteiger partial charge on any atom is -0.334 e. The first kappa shape index (κ1) is 48.7. The van der Waals surface area contributed by atoms with E-state index in [1.807, 2.05) is 0 Å². The molecule has 1 saturated carbocycles. The van der Waals surface area contributed by atoms with E-state index in [2.05, 4.69) is 222 Å². The molecule has 5 heterocycles. The van der Waals surface area contributed by atoms with Crippen molar-refractivity contribution in [1.29, 1.82) is 0 Å². The Morgan fingerprint density at radius 3 is 1.75 bits per heavy atom. The number of aryl methyl sites for hydroxylation is 1. The maximum atomic E-state index is 2.95. The molecule has 7 aromatic rings. The van der Waals surface area contributed by atoms with Gasteiger partial charge >= 0.3 is 0 Å². The predicted molar refractivity (Wildman–Crippen MR) is 338 cm³/mol. The van der Waals surface area contributed by atoms with E-state index in [9.17, 15) is 0 Å². The number of anilines is 8. The van der Waals surface area contributed by atoms with E-state index in [1.54, 1.807) is 33.3 Å². The summed E-state index contributed by atoms with van der Waals surface area (Å²) in [5.41, 5.74) is 36.0. The van der Waals surface area contributed by atoms with Crippen LogP contribution in [0.15, 0.2) is 103 Å². The normalized spacial score (nSPS) is 28.3. The van der Waals surface area contributed by atoms with Gasteiger partial charge in [-0.05, 0) is 242 Å². The van der Waals surface area contributed by atoms with Gasteiger partial charge in [0.2, 0.25) is 0 Å². The van der Waals surface area contributed by atoms with Crippen LogP contribution in [-0.2, 0) is 43.3 Å². The van der Waals surface area contributed by atoms with E-state index in [-0.39, 0.29) is 55.6 Å². The van der Waals surface area contributed by atoms with Gasteiger partial charge in [0.1, 0.15) is 0 Å².